The number of aryl methyl sites for hydroxylation is 1. The molecule has 0 atom stereocenters. The Morgan fingerprint density at radius 3 is 2.17 bits per heavy atom. The van der Waals surface area contributed by atoms with Crippen molar-refractivity contribution in [3.8, 4) is 11.5 Å². The monoisotopic (exact) mass is 252 g/mol. The second-order valence-corrected chi connectivity index (χ2v) is 4.36. The summed E-state index contributed by atoms with van der Waals surface area (Å²) < 4.78 is 15.6. The van der Waals surface area contributed by atoms with E-state index in [-0.39, 0.29) is 5.92 Å². The lowest BCUT2D eigenvalue weighted by molar-refractivity contribution is 0.0596. The van der Waals surface area contributed by atoms with Crippen molar-refractivity contribution in [2.45, 2.75) is 26.7 Å². The second-order valence-electron chi connectivity index (χ2n) is 4.36. The van der Waals surface area contributed by atoms with Gasteiger partial charge in [-0.15, -0.1) is 0 Å². The number of carbonyl (C=O) groups is 1. The van der Waals surface area contributed by atoms with Crippen LogP contribution in [0.1, 0.15) is 41.3 Å². The van der Waals surface area contributed by atoms with Crippen molar-refractivity contribution in [3.63, 3.8) is 0 Å². The van der Waals surface area contributed by atoms with Crippen molar-refractivity contribution in [1.29, 1.82) is 0 Å². The zero-order chi connectivity index (χ0) is 13.9. The minimum absolute atomic E-state index is 0.180. The number of rotatable bonds is 4. The van der Waals surface area contributed by atoms with Gasteiger partial charge in [0.05, 0.1) is 21.3 Å². The lowest BCUT2D eigenvalue weighted by Gasteiger charge is -2.20. The third kappa shape index (κ3) is 2.42. The molecule has 0 bridgehead atoms. The maximum atomic E-state index is 11.8. The normalized spacial score (nSPS) is 10.4. The van der Waals surface area contributed by atoms with Crippen molar-refractivity contribution in [3.05, 3.63) is 22.8 Å². The molecule has 100 valence electrons. The molecular formula is C14H20O4. The van der Waals surface area contributed by atoms with E-state index < -0.39 is 5.97 Å². The van der Waals surface area contributed by atoms with Gasteiger partial charge >= 0.3 is 5.97 Å². The fraction of sp³-hybridized carbons (Fsp3) is 0.500. The molecule has 1 aromatic carbocycles. The van der Waals surface area contributed by atoms with Crippen molar-refractivity contribution in [2.24, 2.45) is 0 Å². The van der Waals surface area contributed by atoms with E-state index in [0.29, 0.717) is 11.3 Å². The Hall–Kier alpha value is -1.71. The highest BCUT2D eigenvalue weighted by Gasteiger charge is 2.24. The highest BCUT2D eigenvalue weighted by molar-refractivity contribution is 5.95. The molecule has 4 nitrogen and oxygen atoms in total. The molecule has 0 unspecified atom stereocenters. The number of hydrogen-bond acceptors (Lipinski definition) is 4. The largest absolute Gasteiger partial charge is 0.496 e. The average molecular weight is 252 g/mol. The van der Waals surface area contributed by atoms with Gasteiger partial charge in [-0.2, -0.15) is 0 Å². The summed E-state index contributed by atoms with van der Waals surface area (Å²) in [7, 11) is 4.52. The Morgan fingerprint density at radius 1 is 1.17 bits per heavy atom. The third-order valence-corrected chi connectivity index (χ3v) is 2.87. The predicted molar refractivity (Wildman–Crippen MR) is 69.7 cm³/mol. The highest BCUT2D eigenvalue weighted by Crippen LogP contribution is 2.39. The number of hydrogen-bond donors (Lipinski definition) is 0. The number of carbonyl (C=O) groups excluding carboxylic acids is 1. The number of benzene rings is 1. The van der Waals surface area contributed by atoms with Crippen LogP contribution in [0, 0.1) is 6.92 Å². The first-order valence-electron chi connectivity index (χ1n) is 5.81. The summed E-state index contributed by atoms with van der Waals surface area (Å²) in [5, 5.41) is 0. The van der Waals surface area contributed by atoms with Crippen LogP contribution in [0.15, 0.2) is 6.07 Å². The Morgan fingerprint density at radius 2 is 1.78 bits per heavy atom. The van der Waals surface area contributed by atoms with E-state index in [1.165, 1.54) is 7.11 Å². The lowest BCUT2D eigenvalue weighted by atomic mass is 9.94. The molecule has 0 aliphatic rings. The van der Waals surface area contributed by atoms with Gasteiger partial charge in [0.1, 0.15) is 17.1 Å². The molecule has 0 saturated heterocycles. The zero-order valence-electron chi connectivity index (χ0n) is 11.8. The van der Waals surface area contributed by atoms with Crippen LogP contribution in [0.5, 0.6) is 11.5 Å². The van der Waals surface area contributed by atoms with E-state index in [9.17, 15) is 4.79 Å². The molecule has 0 aromatic heterocycles. The molecule has 0 amide bonds. The van der Waals surface area contributed by atoms with Gasteiger partial charge in [0, 0.05) is 5.56 Å². The SMILES string of the molecule is COC(=O)c1c(C)cc(OC)c(C(C)C)c1OC. The Kier molecular flexibility index (Phi) is 4.59. The van der Waals surface area contributed by atoms with Gasteiger partial charge in [0.15, 0.2) is 0 Å². The number of ether oxygens (including phenoxy) is 3. The van der Waals surface area contributed by atoms with Gasteiger partial charge in [-0.05, 0) is 24.5 Å². The third-order valence-electron chi connectivity index (χ3n) is 2.87. The molecule has 0 aliphatic heterocycles. The van der Waals surface area contributed by atoms with Gasteiger partial charge < -0.3 is 14.2 Å². The second kappa shape index (κ2) is 5.76. The van der Waals surface area contributed by atoms with E-state index in [4.69, 9.17) is 14.2 Å². The van der Waals surface area contributed by atoms with E-state index in [1.54, 1.807) is 14.2 Å². The van der Waals surface area contributed by atoms with Crippen LogP contribution in [0.4, 0.5) is 0 Å². The van der Waals surface area contributed by atoms with Crippen LogP contribution in [0.2, 0.25) is 0 Å². The molecule has 0 fully saturated rings. The molecular weight excluding hydrogens is 232 g/mol. The van der Waals surface area contributed by atoms with Gasteiger partial charge in [-0.25, -0.2) is 4.79 Å². The summed E-state index contributed by atoms with van der Waals surface area (Å²) in [6.45, 7) is 5.88. The summed E-state index contributed by atoms with van der Waals surface area (Å²) in [5.74, 6) is 1.05. The van der Waals surface area contributed by atoms with Crippen LogP contribution in [-0.2, 0) is 4.74 Å². The Labute approximate surface area is 108 Å². The van der Waals surface area contributed by atoms with Crippen LogP contribution in [-0.4, -0.2) is 27.3 Å². The predicted octanol–water partition coefficient (Wildman–Crippen LogP) is 2.92. The Balaban J connectivity index is 3.63. The molecule has 0 heterocycles. The standard InChI is InChI=1S/C14H20O4/c1-8(2)11-10(16-4)7-9(3)12(13(11)17-5)14(15)18-6/h7-8H,1-6H3. The van der Waals surface area contributed by atoms with Crippen LogP contribution < -0.4 is 9.47 Å². The minimum atomic E-state index is -0.395. The number of methoxy groups -OCH3 is 3. The van der Waals surface area contributed by atoms with Gasteiger partial charge in [0.25, 0.3) is 0 Å². The Bertz CT molecular complexity index is 450. The number of esters is 1. The first-order chi connectivity index (χ1) is 8.47. The van der Waals surface area contributed by atoms with Crippen molar-refractivity contribution >= 4 is 5.97 Å². The zero-order valence-corrected chi connectivity index (χ0v) is 11.8. The maximum absolute atomic E-state index is 11.8. The molecule has 0 N–H and O–H groups in total. The molecule has 1 rings (SSSR count). The topological polar surface area (TPSA) is 44.8 Å². The van der Waals surface area contributed by atoms with Crippen molar-refractivity contribution in [1.82, 2.24) is 0 Å². The van der Waals surface area contributed by atoms with Crippen LogP contribution in [0.25, 0.3) is 0 Å². The molecule has 0 spiro atoms. The minimum Gasteiger partial charge on any atom is -0.496 e. The highest BCUT2D eigenvalue weighted by atomic mass is 16.5. The van der Waals surface area contributed by atoms with E-state index >= 15 is 0 Å². The van der Waals surface area contributed by atoms with Gasteiger partial charge in [-0.3, -0.25) is 0 Å². The molecule has 4 heteroatoms. The van der Waals surface area contributed by atoms with E-state index in [1.807, 2.05) is 26.8 Å². The fourth-order valence-corrected chi connectivity index (χ4v) is 2.06. The summed E-state index contributed by atoms with van der Waals surface area (Å²) in [5.41, 5.74) is 2.12. The average Bonchev–Trinajstić information content (AvgIpc) is 2.35. The summed E-state index contributed by atoms with van der Waals surface area (Å²) in [6.07, 6.45) is 0. The van der Waals surface area contributed by atoms with Crippen LogP contribution >= 0.6 is 0 Å². The quantitative estimate of drug-likeness (QED) is 0.773. The molecule has 18 heavy (non-hydrogen) atoms. The van der Waals surface area contributed by atoms with Gasteiger partial charge in [0.2, 0.25) is 0 Å². The first kappa shape index (κ1) is 14.4. The molecule has 0 radical (unpaired) electrons. The van der Waals surface area contributed by atoms with Crippen molar-refractivity contribution in [2.75, 3.05) is 21.3 Å². The molecule has 0 aliphatic carbocycles. The first-order valence-corrected chi connectivity index (χ1v) is 5.81. The van der Waals surface area contributed by atoms with Gasteiger partial charge in [-0.1, -0.05) is 13.8 Å². The smallest absolute Gasteiger partial charge is 0.341 e. The maximum Gasteiger partial charge on any atom is 0.341 e. The fourth-order valence-electron chi connectivity index (χ4n) is 2.06. The van der Waals surface area contributed by atoms with Crippen LogP contribution in [0.3, 0.4) is 0 Å². The molecule has 1 aromatic rings. The lowest BCUT2D eigenvalue weighted by Crippen LogP contribution is -2.10. The van der Waals surface area contributed by atoms with E-state index in [0.717, 1.165) is 16.9 Å². The van der Waals surface area contributed by atoms with E-state index in [2.05, 4.69) is 0 Å². The summed E-state index contributed by atoms with van der Waals surface area (Å²) in [6, 6.07) is 1.84. The summed E-state index contributed by atoms with van der Waals surface area (Å²) in [4.78, 5) is 11.8. The summed E-state index contributed by atoms with van der Waals surface area (Å²) >= 11 is 0. The molecule has 0 saturated carbocycles. The van der Waals surface area contributed by atoms with Crippen molar-refractivity contribution < 1.29 is 19.0 Å².